The fraction of sp³-hybridized carbons (Fsp3) is 0.533. The first-order valence-electron chi connectivity index (χ1n) is 7.70. The maximum absolute atomic E-state index is 12.7. The molecule has 130 valence electrons. The highest BCUT2D eigenvalue weighted by molar-refractivity contribution is 5.78. The highest BCUT2D eigenvalue weighted by Crippen LogP contribution is 2.31. The van der Waals surface area contributed by atoms with E-state index < -0.39 is 11.9 Å². The topological polar surface area (TPSA) is 66.8 Å². The number of piperidine rings is 1. The number of imidazole rings is 1. The molecule has 0 bridgehead atoms. The van der Waals surface area contributed by atoms with Gasteiger partial charge in [0, 0.05) is 32.3 Å². The molecule has 1 atom stereocenters. The van der Waals surface area contributed by atoms with E-state index in [1.807, 2.05) is 0 Å². The highest BCUT2D eigenvalue weighted by atomic mass is 19.4. The Bertz CT molecular complexity index is 721. The molecule has 0 radical (unpaired) electrons. The molecule has 2 aromatic heterocycles. The Hall–Kier alpha value is -2.32. The summed E-state index contributed by atoms with van der Waals surface area (Å²) in [7, 11) is 1.78. The van der Waals surface area contributed by atoms with E-state index in [9.17, 15) is 18.0 Å². The molecule has 3 heterocycles. The average molecular weight is 341 g/mol. The van der Waals surface area contributed by atoms with E-state index in [-0.39, 0.29) is 18.2 Å². The Labute approximate surface area is 136 Å². The molecule has 1 amide bonds. The summed E-state index contributed by atoms with van der Waals surface area (Å²) in [6, 6.07) is 0. The van der Waals surface area contributed by atoms with Crippen LogP contribution in [-0.4, -0.2) is 43.6 Å². The second-order valence-electron chi connectivity index (χ2n) is 6.06. The van der Waals surface area contributed by atoms with Crippen LogP contribution in [0.4, 0.5) is 13.2 Å². The molecule has 0 spiro atoms. The predicted molar refractivity (Wildman–Crippen MR) is 79.1 cm³/mol. The van der Waals surface area contributed by atoms with E-state index in [2.05, 4.69) is 15.1 Å². The molecule has 2 aromatic rings. The van der Waals surface area contributed by atoms with E-state index in [0.29, 0.717) is 25.3 Å². The predicted octanol–water partition coefficient (Wildman–Crippen LogP) is 2.11. The van der Waals surface area contributed by atoms with Crippen LogP contribution in [0.3, 0.4) is 0 Å². The van der Waals surface area contributed by atoms with Crippen LogP contribution in [0, 0.1) is 0 Å². The largest absolute Gasteiger partial charge is 0.432 e. The number of likely N-dealkylation sites (tertiary alicyclic amines) is 1. The Morgan fingerprint density at radius 1 is 1.42 bits per heavy atom. The lowest BCUT2D eigenvalue weighted by atomic mass is 9.97. The minimum atomic E-state index is -4.43. The second-order valence-corrected chi connectivity index (χ2v) is 6.06. The molecule has 0 aromatic carbocycles. The molecule has 1 fully saturated rings. The van der Waals surface area contributed by atoms with Gasteiger partial charge in [-0.3, -0.25) is 9.48 Å². The fourth-order valence-electron chi connectivity index (χ4n) is 2.96. The number of amides is 1. The van der Waals surface area contributed by atoms with Crippen molar-refractivity contribution < 1.29 is 18.0 Å². The third-order valence-electron chi connectivity index (χ3n) is 4.18. The summed E-state index contributed by atoms with van der Waals surface area (Å²) >= 11 is 0. The summed E-state index contributed by atoms with van der Waals surface area (Å²) in [6.07, 6.45) is 1.49. The van der Waals surface area contributed by atoms with Gasteiger partial charge in [-0.15, -0.1) is 0 Å². The van der Waals surface area contributed by atoms with Crippen molar-refractivity contribution in [2.45, 2.75) is 31.4 Å². The lowest BCUT2D eigenvalue weighted by Gasteiger charge is -2.32. The number of hydrogen-bond donors (Lipinski definition) is 1. The second kappa shape index (κ2) is 6.29. The zero-order chi connectivity index (χ0) is 17.3. The zero-order valence-electron chi connectivity index (χ0n) is 13.2. The van der Waals surface area contributed by atoms with Crippen molar-refractivity contribution in [2.75, 3.05) is 13.1 Å². The first kappa shape index (κ1) is 16.5. The van der Waals surface area contributed by atoms with Crippen molar-refractivity contribution in [1.29, 1.82) is 0 Å². The number of aromatic nitrogens is 4. The van der Waals surface area contributed by atoms with E-state index >= 15 is 0 Å². The molecular formula is C15H18F3N5O. The molecule has 24 heavy (non-hydrogen) atoms. The van der Waals surface area contributed by atoms with Crippen molar-refractivity contribution in [3.05, 3.63) is 35.7 Å². The quantitative estimate of drug-likeness (QED) is 0.930. The number of aromatic amines is 1. The summed E-state index contributed by atoms with van der Waals surface area (Å²) in [6.45, 7) is 0.992. The third kappa shape index (κ3) is 3.60. The number of carbonyl (C=O) groups excluding carboxylic acids is 1. The molecule has 1 aliphatic rings. The monoisotopic (exact) mass is 341 g/mol. The van der Waals surface area contributed by atoms with Gasteiger partial charge in [0.2, 0.25) is 5.91 Å². The molecule has 1 aliphatic heterocycles. The van der Waals surface area contributed by atoms with Gasteiger partial charge >= 0.3 is 6.18 Å². The summed E-state index contributed by atoms with van der Waals surface area (Å²) in [5.74, 6) is 0.0456. The summed E-state index contributed by atoms with van der Waals surface area (Å²) in [4.78, 5) is 20.3. The number of H-pyrrole nitrogens is 1. The van der Waals surface area contributed by atoms with Crippen LogP contribution in [0.25, 0.3) is 0 Å². The number of hydrogen-bond acceptors (Lipinski definition) is 3. The van der Waals surface area contributed by atoms with Gasteiger partial charge in [-0.2, -0.15) is 18.3 Å². The van der Waals surface area contributed by atoms with Crippen LogP contribution in [-0.2, 0) is 24.4 Å². The summed E-state index contributed by atoms with van der Waals surface area (Å²) in [5.41, 5.74) is -0.0294. The van der Waals surface area contributed by atoms with Crippen LogP contribution in [0.15, 0.2) is 18.6 Å². The first-order valence-corrected chi connectivity index (χ1v) is 7.70. The van der Waals surface area contributed by atoms with Crippen LogP contribution in [0.5, 0.6) is 0 Å². The molecule has 1 N–H and O–H groups in total. The van der Waals surface area contributed by atoms with Gasteiger partial charge in [-0.1, -0.05) is 0 Å². The Morgan fingerprint density at radius 3 is 2.83 bits per heavy atom. The van der Waals surface area contributed by atoms with Crippen LogP contribution >= 0.6 is 0 Å². The van der Waals surface area contributed by atoms with Gasteiger partial charge < -0.3 is 9.88 Å². The molecule has 0 saturated carbocycles. The molecule has 6 nitrogen and oxygen atoms in total. The van der Waals surface area contributed by atoms with E-state index in [1.165, 1.54) is 0 Å². The first-order chi connectivity index (χ1) is 11.3. The van der Waals surface area contributed by atoms with Crippen LogP contribution in [0.1, 0.15) is 35.8 Å². The highest BCUT2D eigenvalue weighted by Gasteiger charge is 2.34. The molecule has 1 saturated heterocycles. The number of carbonyl (C=O) groups is 1. The van der Waals surface area contributed by atoms with E-state index in [0.717, 1.165) is 18.2 Å². The number of rotatable bonds is 3. The standard InChI is InChI=1S/C15H18F3N5O/c1-22-8-10(6-20-22)5-13(24)23-4-2-3-11(9-23)14-19-7-12(21-14)15(16,17)18/h6-8,11H,2-5,9H2,1H3,(H,19,21)/t11-/m1/s1. The van der Waals surface area contributed by atoms with Crippen LogP contribution < -0.4 is 0 Å². The molecular weight excluding hydrogens is 323 g/mol. The van der Waals surface area contributed by atoms with Crippen molar-refractivity contribution in [1.82, 2.24) is 24.6 Å². The lowest BCUT2D eigenvalue weighted by molar-refractivity contribution is -0.141. The number of halogens is 3. The van der Waals surface area contributed by atoms with Crippen molar-refractivity contribution in [3.63, 3.8) is 0 Å². The van der Waals surface area contributed by atoms with Gasteiger partial charge in [0.05, 0.1) is 18.8 Å². The number of aryl methyl sites for hydroxylation is 1. The Kier molecular flexibility index (Phi) is 4.33. The normalized spacial score (nSPS) is 18.8. The van der Waals surface area contributed by atoms with Crippen molar-refractivity contribution in [2.24, 2.45) is 7.05 Å². The SMILES string of the molecule is Cn1cc(CC(=O)N2CCC[C@@H](c3ncc(C(F)(F)F)[nH]3)C2)cn1. The Balaban J connectivity index is 1.65. The Morgan fingerprint density at radius 2 is 2.21 bits per heavy atom. The fourth-order valence-corrected chi connectivity index (χ4v) is 2.96. The van der Waals surface area contributed by atoms with Crippen molar-refractivity contribution >= 4 is 5.91 Å². The lowest BCUT2D eigenvalue weighted by Crippen LogP contribution is -2.40. The molecule has 0 aliphatic carbocycles. The summed E-state index contributed by atoms with van der Waals surface area (Å²) in [5, 5.41) is 4.03. The number of nitrogens with zero attached hydrogens (tertiary/aromatic N) is 4. The van der Waals surface area contributed by atoms with Crippen molar-refractivity contribution in [3.8, 4) is 0 Å². The molecule has 9 heteroatoms. The van der Waals surface area contributed by atoms with Crippen LogP contribution in [0.2, 0.25) is 0 Å². The smallest absolute Gasteiger partial charge is 0.342 e. The maximum Gasteiger partial charge on any atom is 0.432 e. The molecule has 3 rings (SSSR count). The minimum Gasteiger partial charge on any atom is -0.342 e. The summed E-state index contributed by atoms with van der Waals surface area (Å²) < 4.78 is 39.6. The van der Waals surface area contributed by atoms with Gasteiger partial charge in [-0.25, -0.2) is 4.98 Å². The molecule has 0 unspecified atom stereocenters. The van der Waals surface area contributed by atoms with E-state index in [1.54, 1.807) is 29.0 Å². The minimum absolute atomic E-state index is 0.0460. The van der Waals surface area contributed by atoms with Gasteiger partial charge in [0.1, 0.15) is 11.5 Å². The van der Waals surface area contributed by atoms with Gasteiger partial charge in [0.25, 0.3) is 0 Å². The maximum atomic E-state index is 12.7. The number of nitrogens with one attached hydrogen (secondary N) is 1. The third-order valence-corrected chi connectivity index (χ3v) is 4.18. The average Bonchev–Trinajstić information content (AvgIpc) is 3.16. The van der Waals surface area contributed by atoms with Gasteiger partial charge in [0.15, 0.2) is 0 Å². The van der Waals surface area contributed by atoms with E-state index in [4.69, 9.17) is 0 Å². The van der Waals surface area contributed by atoms with Gasteiger partial charge in [-0.05, 0) is 18.4 Å². The number of alkyl halides is 3. The zero-order valence-corrected chi connectivity index (χ0v) is 13.2.